The molecule has 0 amide bonds. The summed E-state index contributed by atoms with van der Waals surface area (Å²) in [6.45, 7) is 0. The van der Waals surface area contributed by atoms with E-state index in [4.69, 9.17) is 13.3 Å². The maximum atomic E-state index is 6.52. The topological polar surface area (TPSA) is 39.4 Å². The molecule has 29 aromatic rings. The fraction of sp³-hybridized carbons (Fsp3) is 0. The number of furan rings is 3. The molecule has 0 saturated heterocycles. The van der Waals surface area contributed by atoms with E-state index < -0.39 is 0 Å². The van der Waals surface area contributed by atoms with Gasteiger partial charge in [0.05, 0.1) is 0 Å². The number of rotatable bonds is 9. The van der Waals surface area contributed by atoms with Crippen molar-refractivity contribution >= 4 is 184 Å². The predicted molar refractivity (Wildman–Crippen MR) is 583 cm³/mol. The van der Waals surface area contributed by atoms with E-state index in [9.17, 15) is 0 Å². The van der Waals surface area contributed by atoms with Crippen molar-refractivity contribution in [2.75, 3.05) is 0 Å². The second-order valence-electron chi connectivity index (χ2n) is 36.2. The summed E-state index contributed by atoms with van der Waals surface area (Å²) < 4.78 is 19.5. The molecule has 0 bridgehead atoms. The number of hydrogen-bond donors (Lipinski definition) is 0. The first-order valence-corrected chi connectivity index (χ1v) is 47.1. The van der Waals surface area contributed by atoms with Crippen LogP contribution >= 0.6 is 0 Å². The van der Waals surface area contributed by atoms with Gasteiger partial charge in [0.2, 0.25) is 0 Å². The van der Waals surface area contributed by atoms with E-state index in [2.05, 4.69) is 497 Å². The first-order chi connectivity index (χ1) is 67.9. The zero-order chi connectivity index (χ0) is 90.1. The van der Waals surface area contributed by atoms with Crippen LogP contribution in [0.2, 0.25) is 0 Å². The average Bonchev–Trinajstić information content (AvgIpc) is 1.71. The van der Waals surface area contributed by atoms with Gasteiger partial charge in [-0.2, -0.15) is 0 Å². The van der Waals surface area contributed by atoms with E-state index in [1.807, 2.05) is 0 Å². The van der Waals surface area contributed by atoms with Gasteiger partial charge in [-0.15, -0.1) is 0 Å². The third-order valence-corrected chi connectivity index (χ3v) is 28.5. The van der Waals surface area contributed by atoms with Crippen molar-refractivity contribution < 1.29 is 13.3 Å². The summed E-state index contributed by atoms with van der Waals surface area (Å²) >= 11 is 0. The molecule has 0 aliphatic carbocycles. The van der Waals surface area contributed by atoms with Crippen LogP contribution in [0.5, 0.6) is 0 Å². The van der Waals surface area contributed by atoms with Gasteiger partial charge in [-0.1, -0.05) is 413 Å². The smallest absolute Gasteiger partial charge is 0.143 e. The van der Waals surface area contributed by atoms with Gasteiger partial charge >= 0.3 is 0 Å². The van der Waals surface area contributed by atoms with Crippen molar-refractivity contribution in [1.29, 1.82) is 0 Å². The molecule has 0 saturated carbocycles. The molecule has 0 fully saturated rings. The molecular formula is C134H82O3. The summed E-state index contributed by atoms with van der Waals surface area (Å²) in [5.74, 6) is 0. The monoisotopic (exact) mass is 1740 g/mol. The van der Waals surface area contributed by atoms with E-state index >= 15 is 0 Å². The lowest BCUT2D eigenvalue weighted by atomic mass is 9.84. The van der Waals surface area contributed by atoms with Crippen LogP contribution in [0.4, 0.5) is 0 Å². The Hall–Kier alpha value is -18.0. The van der Waals surface area contributed by atoms with Crippen molar-refractivity contribution in [3.8, 4) is 100 Å². The van der Waals surface area contributed by atoms with Crippen molar-refractivity contribution in [3.63, 3.8) is 0 Å². The van der Waals surface area contributed by atoms with Crippen LogP contribution in [0.3, 0.4) is 0 Å². The van der Waals surface area contributed by atoms with E-state index in [1.54, 1.807) is 0 Å². The van der Waals surface area contributed by atoms with E-state index in [-0.39, 0.29) is 0 Å². The molecular weight excluding hydrogens is 1660 g/mol. The Kier molecular flexibility index (Phi) is 18.7. The van der Waals surface area contributed by atoms with Crippen molar-refractivity contribution in [2.24, 2.45) is 0 Å². The highest BCUT2D eigenvalue weighted by molar-refractivity contribution is 6.28. The highest BCUT2D eigenvalue weighted by Gasteiger charge is 2.26. The number of benzene rings is 26. The lowest BCUT2D eigenvalue weighted by molar-refractivity contribution is 0.672. The zero-order valence-electron chi connectivity index (χ0n) is 74.6. The number of fused-ring (bicyclic) bond motifs is 23. The minimum Gasteiger partial charge on any atom is -0.455 e. The van der Waals surface area contributed by atoms with E-state index in [1.165, 1.54) is 202 Å². The van der Waals surface area contributed by atoms with Gasteiger partial charge in [0, 0.05) is 48.5 Å². The van der Waals surface area contributed by atoms with Crippen LogP contribution in [0, 0.1) is 0 Å². The van der Waals surface area contributed by atoms with E-state index in [0.29, 0.717) is 0 Å². The molecule has 3 aromatic heterocycles. The molecule has 0 atom stereocenters. The Morgan fingerprint density at radius 2 is 0.292 bits per heavy atom. The summed E-state index contributed by atoms with van der Waals surface area (Å²) in [6.07, 6.45) is 0. The highest BCUT2D eigenvalue weighted by atomic mass is 16.3. The van der Waals surface area contributed by atoms with Crippen LogP contribution < -0.4 is 0 Å². The summed E-state index contributed by atoms with van der Waals surface area (Å²) in [6, 6.07) is 180. The third kappa shape index (κ3) is 13.3. The third-order valence-electron chi connectivity index (χ3n) is 28.5. The Balaban J connectivity index is 0.000000104. The lowest BCUT2D eigenvalue weighted by Crippen LogP contribution is -1.92. The van der Waals surface area contributed by atoms with Crippen molar-refractivity contribution in [1.82, 2.24) is 0 Å². The average molecular weight is 1740 g/mol. The van der Waals surface area contributed by atoms with Crippen LogP contribution in [-0.4, -0.2) is 0 Å². The largest absolute Gasteiger partial charge is 0.455 e. The second-order valence-corrected chi connectivity index (χ2v) is 36.2. The molecule has 0 spiro atoms. The molecule has 0 aliphatic rings. The van der Waals surface area contributed by atoms with Gasteiger partial charge in [-0.25, -0.2) is 0 Å². The summed E-state index contributed by atoms with van der Waals surface area (Å²) in [5, 5.41) is 33.8. The Morgan fingerprint density at radius 3 is 0.613 bits per heavy atom. The van der Waals surface area contributed by atoms with Gasteiger partial charge in [0.15, 0.2) is 0 Å². The van der Waals surface area contributed by atoms with Gasteiger partial charge in [0.25, 0.3) is 0 Å². The van der Waals surface area contributed by atoms with Crippen LogP contribution in [0.25, 0.3) is 284 Å². The molecule has 0 aliphatic heterocycles. The SMILES string of the molecule is c1ccc(-c2c3ccccc3c(-c3ccc4oc5c6ccccc6ccc5c4c3)c3cc(-c4ccc5ccccc5c4)ccc23)cc1.c1ccc(-c2c3ccccc3c(-c3ccc4oc5c6ccccc6ccc5c4c3)c3ccc(-c4ccc5ccccc5c4)cc23)cc1.c1ccc(-c2ccc3c(-c4ccccc4)c4ccccc4c(-c4ccc5oc6c7ccccc7ccc6c5c4)c3c2)cc1. The Morgan fingerprint density at radius 1 is 0.0949 bits per heavy atom. The fourth-order valence-corrected chi connectivity index (χ4v) is 22.1. The fourth-order valence-electron chi connectivity index (χ4n) is 22.1. The van der Waals surface area contributed by atoms with E-state index in [0.717, 1.165) is 82.0 Å². The van der Waals surface area contributed by atoms with Gasteiger partial charge in [0.1, 0.15) is 33.5 Å². The van der Waals surface area contributed by atoms with Crippen LogP contribution in [0.1, 0.15) is 0 Å². The molecule has 0 radical (unpaired) electrons. The number of hydrogen-bond acceptors (Lipinski definition) is 3. The van der Waals surface area contributed by atoms with Gasteiger partial charge < -0.3 is 13.3 Å². The first kappa shape index (κ1) is 78.8. The molecule has 3 heterocycles. The summed E-state index contributed by atoms with van der Waals surface area (Å²) in [7, 11) is 0. The van der Waals surface area contributed by atoms with Crippen molar-refractivity contribution in [3.05, 3.63) is 497 Å². The molecule has 3 nitrogen and oxygen atoms in total. The second kappa shape index (κ2) is 32.5. The molecule has 137 heavy (non-hydrogen) atoms. The Bertz CT molecular complexity index is 9970. The Labute approximate surface area is 789 Å². The maximum Gasteiger partial charge on any atom is 0.143 e. The van der Waals surface area contributed by atoms with Crippen LogP contribution in [-0.2, 0) is 0 Å². The minimum absolute atomic E-state index is 0.909. The quantitative estimate of drug-likeness (QED) is 0.135. The van der Waals surface area contributed by atoms with Crippen LogP contribution in [0.15, 0.2) is 511 Å². The normalized spacial score (nSPS) is 11.8. The summed E-state index contributed by atoms with van der Waals surface area (Å²) in [5.41, 5.74) is 27.7. The van der Waals surface area contributed by atoms with Crippen molar-refractivity contribution in [2.45, 2.75) is 0 Å². The molecule has 0 N–H and O–H groups in total. The maximum absolute atomic E-state index is 6.52. The minimum atomic E-state index is 0.909. The molecule has 636 valence electrons. The van der Waals surface area contributed by atoms with Gasteiger partial charge in [-0.05, 0) is 287 Å². The summed E-state index contributed by atoms with van der Waals surface area (Å²) in [4.78, 5) is 0. The first-order valence-electron chi connectivity index (χ1n) is 47.1. The highest BCUT2D eigenvalue weighted by Crippen LogP contribution is 2.52. The predicted octanol–water partition coefficient (Wildman–Crippen LogP) is 38.4. The molecule has 3 heteroatoms. The molecule has 0 unspecified atom stereocenters. The molecule has 26 aromatic carbocycles. The zero-order valence-corrected chi connectivity index (χ0v) is 74.6. The lowest BCUT2D eigenvalue weighted by Gasteiger charge is -2.19. The molecule has 29 rings (SSSR count). The van der Waals surface area contributed by atoms with Gasteiger partial charge in [-0.3, -0.25) is 0 Å². The standard InChI is InChI=1S/2C46H28O.C42H26O/c1-2-12-31(13-3-1)44-37-16-8-9-17-38(37)45(39-23-21-34(27-42(39)44)33-19-18-29-10-4-5-14-32(29)26-33)35-22-25-43-41(28-35)40-24-20-30-11-6-7-15-36(30)46(40)47-43;1-2-12-31(13-3-1)44-37-16-8-9-17-38(37)45(42-27-34(21-23-39(42)44)33-19-18-29-10-4-5-14-32(29)26-33)35-22-25-43-41(28-35)40-24-20-30-11-6-7-15-36(30)46(40)47-43;1-3-11-27(12-4-1)30-20-22-35-38(25-30)41(34-18-10-9-17-33(34)40(35)29-14-5-2-6-15-29)31-21-24-39-37(26-31)36-23-19-28-13-7-8-16-32(28)42(36)43-39/h2*1-28H;1-26H.